The minimum Gasteiger partial charge on any atom is -0.399 e. The van der Waals surface area contributed by atoms with Crippen LogP contribution in [0.3, 0.4) is 0 Å². The average molecular weight is 237 g/mol. The highest BCUT2D eigenvalue weighted by Crippen LogP contribution is 2.13. The van der Waals surface area contributed by atoms with E-state index in [1.165, 1.54) is 11.1 Å². The van der Waals surface area contributed by atoms with Crippen molar-refractivity contribution >= 4 is 11.3 Å². The Morgan fingerprint density at radius 2 is 1.94 bits per heavy atom. The predicted molar refractivity (Wildman–Crippen MR) is 73.6 cm³/mol. The molecule has 2 N–H and O–H groups in total. The molecule has 1 aromatic carbocycles. The lowest BCUT2D eigenvalue weighted by molar-refractivity contribution is 1.11. The van der Waals surface area contributed by atoms with E-state index >= 15 is 0 Å². The van der Waals surface area contributed by atoms with Gasteiger partial charge in [0.2, 0.25) is 0 Å². The van der Waals surface area contributed by atoms with E-state index < -0.39 is 0 Å². The number of aryl methyl sites for hydroxylation is 1. The molecule has 0 aliphatic rings. The van der Waals surface area contributed by atoms with Crippen molar-refractivity contribution in [3.63, 3.8) is 0 Å². The first-order valence-electron chi connectivity index (χ1n) is 5.99. The smallest absolute Gasteiger partial charge is 0.139 e. The van der Waals surface area contributed by atoms with Crippen LogP contribution in [0.2, 0.25) is 0 Å². The molecule has 3 rings (SSSR count). The van der Waals surface area contributed by atoms with Crippen LogP contribution in [-0.2, 0) is 6.42 Å². The van der Waals surface area contributed by atoms with Crippen LogP contribution in [0.15, 0.2) is 48.8 Å². The molecule has 2 heterocycles. The first-order valence-corrected chi connectivity index (χ1v) is 5.99. The van der Waals surface area contributed by atoms with E-state index in [0.29, 0.717) is 0 Å². The molecule has 0 fully saturated rings. The average Bonchev–Trinajstić information content (AvgIpc) is 2.73. The van der Waals surface area contributed by atoms with E-state index in [1.807, 2.05) is 22.7 Å². The van der Waals surface area contributed by atoms with Gasteiger partial charge in [0.25, 0.3) is 0 Å². The van der Waals surface area contributed by atoms with Gasteiger partial charge < -0.3 is 10.1 Å². The summed E-state index contributed by atoms with van der Waals surface area (Å²) in [5, 5.41) is 0. The highest BCUT2D eigenvalue weighted by molar-refractivity contribution is 5.52. The van der Waals surface area contributed by atoms with Crippen molar-refractivity contribution in [2.75, 3.05) is 5.73 Å². The Morgan fingerprint density at radius 3 is 2.72 bits per heavy atom. The van der Waals surface area contributed by atoms with Crippen molar-refractivity contribution in [2.24, 2.45) is 0 Å². The van der Waals surface area contributed by atoms with Crippen LogP contribution in [0.1, 0.15) is 16.8 Å². The quantitative estimate of drug-likeness (QED) is 0.744. The minimum atomic E-state index is 0.745. The zero-order valence-electron chi connectivity index (χ0n) is 10.3. The molecule has 2 aromatic heterocycles. The van der Waals surface area contributed by atoms with Gasteiger partial charge in [-0.1, -0.05) is 29.8 Å². The molecule has 0 bridgehead atoms. The number of pyridine rings is 1. The summed E-state index contributed by atoms with van der Waals surface area (Å²) in [6.07, 6.45) is 4.84. The number of nitrogens with zero attached hydrogens (tertiary/aromatic N) is 2. The van der Waals surface area contributed by atoms with Crippen LogP contribution < -0.4 is 5.73 Å². The number of nitrogen functional groups attached to an aromatic ring is 1. The highest BCUT2D eigenvalue weighted by atomic mass is 15.0. The zero-order valence-corrected chi connectivity index (χ0v) is 10.3. The van der Waals surface area contributed by atoms with Crippen LogP contribution in [0.5, 0.6) is 0 Å². The molecule has 18 heavy (non-hydrogen) atoms. The standard InChI is InChI=1S/C15H15N3/c1-11-2-4-12(5-3-11)8-14-10-18-7-6-13(16)9-15(18)17-14/h2-7,9-10H,8,16H2,1H3. The van der Waals surface area contributed by atoms with E-state index in [2.05, 4.69) is 42.4 Å². The summed E-state index contributed by atoms with van der Waals surface area (Å²) in [5.74, 6) is 0. The summed E-state index contributed by atoms with van der Waals surface area (Å²) >= 11 is 0. The Hall–Kier alpha value is -2.29. The molecule has 0 aliphatic heterocycles. The van der Waals surface area contributed by atoms with Gasteiger partial charge in [0.1, 0.15) is 5.65 Å². The third-order valence-corrected chi connectivity index (χ3v) is 3.04. The maximum atomic E-state index is 5.75. The molecular formula is C15H15N3. The summed E-state index contributed by atoms with van der Waals surface area (Å²) in [6.45, 7) is 2.09. The van der Waals surface area contributed by atoms with E-state index in [1.54, 1.807) is 0 Å². The van der Waals surface area contributed by atoms with Gasteiger partial charge in [-0.2, -0.15) is 0 Å². The lowest BCUT2D eigenvalue weighted by atomic mass is 10.1. The van der Waals surface area contributed by atoms with E-state index in [0.717, 1.165) is 23.4 Å². The van der Waals surface area contributed by atoms with E-state index in [9.17, 15) is 0 Å². The minimum absolute atomic E-state index is 0.745. The maximum Gasteiger partial charge on any atom is 0.139 e. The summed E-state index contributed by atoms with van der Waals surface area (Å²) < 4.78 is 2.00. The third-order valence-electron chi connectivity index (χ3n) is 3.04. The molecule has 0 radical (unpaired) electrons. The summed E-state index contributed by atoms with van der Waals surface area (Å²) in [7, 11) is 0. The number of hydrogen-bond donors (Lipinski definition) is 1. The molecular weight excluding hydrogens is 222 g/mol. The van der Waals surface area contributed by atoms with Gasteiger partial charge in [-0.05, 0) is 18.6 Å². The summed E-state index contributed by atoms with van der Waals surface area (Å²) in [6, 6.07) is 12.3. The zero-order chi connectivity index (χ0) is 12.5. The van der Waals surface area contributed by atoms with Gasteiger partial charge in [0.05, 0.1) is 5.69 Å². The number of aromatic nitrogens is 2. The summed E-state index contributed by atoms with van der Waals surface area (Å²) in [4.78, 5) is 4.57. The van der Waals surface area contributed by atoms with Gasteiger partial charge in [0.15, 0.2) is 0 Å². The number of fused-ring (bicyclic) bond motifs is 1. The fraction of sp³-hybridized carbons (Fsp3) is 0.133. The molecule has 0 amide bonds. The lowest BCUT2D eigenvalue weighted by Crippen LogP contribution is -1.88. The van der Waals surface area contributed by atoms with E-state index in [4.69, 9.17) is 5.73 Å². The molecule has 0 aliphatic carbocycles. The molecule has 0 unspecified atom stereocenters. The van der Waals surface area contributed by atoms with Gasteiger partial charge in [0, 0.05) is 30.6 Å². The Balaban J connectivity index is 1.92. The Bertz CT molecular complexity index is 681. The normalized spacial score (nSPS) is 10.9. The van der Waals surface area contributed by atoms with Gasteiger partial charge in [-0.25, -0.2) is 4.98 Å². The topological polar surface area (TPSA) is 43.3 Å². The van der Waals surface area contributed by atoms with Gasteiger partial charge in [-0.3, -0.25) is 0 Å². The second kappa shape index (κ2) is 4.18. The van der Waals surface area contributed by atoms with Crippen LogP contribution >= 0.6 is 0 Å². The summed E-state index contributed by atoms with van der Waals surface area (Å²) in [5.41, 5.74) is 11.0. The number of hydrogen-bond acceptors (Lipinski definition) is 2. The van der Waals surface area contributed by atoms with E-state index in [-0.39, 0.29) is 0 Å². The fourth-order valence-corrected chi connectivity index (χ4v) is 2.05. The van der Waals surface area contributed by atoms with Crippen molar-refractivity contribution in [2.45, 2.75) is 13.3 Å². The van der Waals surface area contributed by atoms with Crippen molar-refractivity contribution in [1.82, 2.24) is 9.38 Å². The molecule has 3 aromatic rings. The van der Waals surface area contributed by atoms with Gasteiger partial charge in [-0.15, -0.1) is 0 Å². The number of imidazole rings is 1. The first-order chi connectivity index (χ1) is 8.70. The van der Waals surface area contributed by atoms with Crippen molar-refractivity contribution in [3.05, 3.63) is 65.6 Å². The first kappa shape index (κ1) is 10.8. The molecule has 0 saturated heterocycles. The Kier molecular flexibility index (Phi) is 2.52. The van der Waals surface area contributed by atoms with Crippen LogP contribution in [0.4, 0.5) is 5.69 Å². The SMILES string of the molecule is Cc1ccc(Cc2cn3ccc(N)cc3n2)cc1. The molecule has 3 nitrogen and oxygen atoms in total. The van der Waals surface area contributed by atoms with Crippen molar-refractivity contribution in [1.29, 1.82) is 0 Å². The van der Waals surface area contributed by atoms with Gasteiger partial charge >= 0.3 is 0 Å². The molecule has 90 valence electrons. The Labute approximate surface area is 106 Å². The molecule has 0 spiro atoms. The second-order valence-corrected chi connectivity index (χ2v) is 4.62. The lowest BCUT2D eigenvalue weighted by Gasteiger charge is -1.98. The van der Waals surface area contributed by atoms with Crippen LogP contribution in [-0.4, -0.2) is 9.38 Å². The molecule has 0 saturated carbocycles. The predicted octanol–water partition coefficient (Wildman–Crippen LogP) is 2.82. The largest absolute Gasteiger partial charge is 0.399 e. The molecule has 0 atom stereocenters. The maximum absolute atomic E-state index is 5.75. The van der Waals surface area contributed by atoms with Crippen molar-refractivity contribution < 1.29 is 0 Å². The number of anilines is 1. The second-order valence-electron chi connectivity index (χ2n) is 4.62. The highest BCUT2D eigenvalue weighted by Gasteiger charge is 2.03. The van der Waals surface area contributed by atoms with Crippen LogP contribution in [0.25, 0.3) is 5.65 Å². The third kappa shape index (κ3) is 2.07. The number of nitrogens with two attached hydrogens (primary N) is 1. The number of benzene rings is 1. The van der Waals surface area contributed by atoms with Crippen molar-refractivity contribution in [3.8, 4) is 0 Å². The van der Waals surface area contributed by atoms with Crippen LogP contribution in [0, 0.1) is 6.92 Å². The molecule has 3 heteroatoms. The monoisotopic (exact) mass is 237 g/mol. The fourth-order valence-electron chi connectivity index (χ4n) is 2.05. The Morgan fingerprint density at radius 1 is 1.17 bits per heavy atom. The number of rotatable bonds is 2.